The van der Waals surface area contributed by atoms with Crippen molar-refractivity contribution in [1.82, 2.24) is 99.4 Å². The molecule has 4 aliphatic heterocycles. The average Bonchev–Trinajstić information content (AvgIpc) is 1.70. The van der Waals surface area contributed by atoms with E-state index in [1.807, 2.05) is 0 Å². The lowest BCUT2D eigenvalue weighted by atomic mass is 9.98. The van der Waals surface area contributed by atoms with Gasteiger partial charge in [0.2, 0.25) is 5.91 Å². The first kappa shape index (κ1) is 94.4. The van der Waals surface area contributed by atoms with Crippen LogP contribution in [0.15, 0.2) is 0 Å². The number of hydrogen-bond acceptors (Lipinski definition) is 26. The highest BCUT2D eigenvalue weighted by Crippen LogP contribution is 2.27. The maximum absolute atomic E-state index is 12.3. The number of aliphatic hydroxyl groups is 3. The fourth-order valence-electron chi connectivity index (χ4n) is 15.9. The summed E-state index contributed by atoms with van der Waals surface area (Å²) in [7, 11) is 0. The third-order valence-corrected chi connectivity index (χ3v) is 22.3. The second-order valence-electron chi connectivity index (χ2n) is 32.0. The van der Waals surface area contributed by atoms with Crippen LogP contribution in [0.2, 0.25) is 0 Å². The molecule has 4 heterocycles. The van der Waals surface area contributed by atoms with E-state index in [2.05, 4.69) is 148 Å². The van der Waals surface area contributed by atoms with E-state index >= 15 is 0 Å². The Labute approximate surface area is 632 Å². The van der Waals surface area contributed by atoms with E-state index in [0.29, 0.717) is 100 Å². The van der Waals surface area contributed by atoms with Gasteiger partial charge in [0.15, 0.2) is 0 Å². The highest BCUT2D eigenvalue weighted by atomic mass is 16.4. The molecule has 4 aliphatic rings. The molecule has 14 unspecified atom stereocenters. The van der Waals surface area contributed by atoms with Gasteiger partial charge in [0.1, 0.15) is 0 Å². The normalized spacial score (nSPS) is 21.7. The number of nitrogens with one attached hydrogen (secondary N) is 15. The minimum Gasteiger partial charge on any atom is -0.481 e. The van der Waals surface area contributed by atoms with Gasteiger partial charge in [0, 0.05) is 255 Å². The molecule has 28 heteroatoms. The minimum absolute atomic E-state index is 0.0156. The van der Waals surface area contributed by atoms with Gasteiger partial charge in [-0.2, -0.15) is 0 Å². The number of amides is 1. The number of unbranched alkanes of at least 4 members (excludes halogenated alkanes) is 1. The predicted octanol–water partition coefficient (Wildman–Crippen LogP) is -2.03. The van der Waals surface area contributed by atoms with E-state index < -0.39 is 5.97 Å². The van der Waals surface area contributed by atoms with Crippen LogP contribution in [0.3, 0.4) is 0 Å². The number of carboxylic acid groups (broad SMARTS) is 1. The first-order valence-electron chi connectivity index (χ1n) is 42.0. The second kappa shape index (κ2) is 59.7. The van der Waals surface area contributed by atoms with Crippen molar-refractivity contribution in [3.8, 4) is 0 Å². The van der Waals surface area contributed by atoms with E-state index in [4.69, 9.17) is 17.2 Å². The molecule has 28 nitrogen and oxygen atoms in total. The lowest BCUT2D eigenvalue weighted by molar-refractivity contribution is -0.137. The smallest absolute Gasteiger partial charge is 0.303 e. The number of carbonyl (C=O) groups is 2. The Kier molecular flexibility index (Phi) is 54.2. The summed E-state index contributed by atoms with van der Waals surface area (Å²) in [6.07, 6.45) is 17.0. The van der Waals surface area contributed by atoms with Crippen molar-refractivity contribution in [2.75, 3.05) is 223 Å². The molecular formula is C76H164N22O6. The molecule has 1 amide bonds. The molecule has 14 atom stereocenters. The van der Waals surface area contributed by atoms with Crippen LogP contribution in [-0.2, 0) is 9.59 Å². The van der Waals surface area contributed by atoms with Gasteiger partial charge in [-0.25, -0.2) is 0 Å². The maximum Gasteiger partial charge on any atom is 0.303 e. The standard InChI is InChI=1S/C76H164N22O6/c1-8-61(7)74(88-31-29-85-45-64(86-9-2)40-59(3)4)53-94-63(21-22-76(103)104)44-84-28-30-87-65(41-60(5)6)49-89-62(16-10-11-23-77)48-90-66(42-75(79)102)46-82-26-24-80-32-38-95-34-12-17-70(95)51-93-69(58-101)50-91-68(57-100)47-83-27-25-81-33-39-96-35-14-19-72(96)54-98-37-15-20-73(98)55-97-36-13-18-71(97)52-92-67(43-78)56-99/h59-74,80-94,99-101H,8-58,77-78H2,1-7H3,(H2,79,102)(H,103,104). The molecule has 614 valence electrons. The molecule has 0 aliphatic carbocycles. The van der Waals surface area contributed by atoms with Crippen molar-refractivity contribution in [2.45, 2.75) is 236 Å². The van der Waals surface area contributed by atoms with Crippen LogP contribution in [0.4, 0.5) is 0 Å². The monoisotopic (exact) mass is 1480 g/mol. The number of nitrogens with zero attached hydrogens (tertiary/aromatic N) is 4. The minimum atomic E-state index is -0.769. The quantitative estimate of drug-likeness (QED) is 0.0292. The van der Waals surface area contributed by atoms with Crippen LogP contribution in [0.25, 0.3) is 0 Å². The fraction of sp³-hybridized carbons (Fsp3) is 0.974. The Balaban J connectivity index is 1.08. The van der Waals surface area contributed by atoms with E-state index in [1.54, 1.807) is 0 Å². The fourth-order valence-corrected chi connectivity index (χ4v) is 15.9. The third kappa shape index (κ3) is 43.0. The number of likely N-dealkylation sites (N-methyl/N-ethyl adjacent to an activating group) is 1. The summed E-state index contributed by atoms with van der Waals surface area (Å²) in [5.41, 5.74) is 17.6. The van der Waals surface area contributed by atoms with Crippen molar-refractivity contribution in [3.63, 3.8) is 0 Å². The Bertz CT molecular complexity index is 2050. The molecule has 0 saturated carbocycles. The summed E-state index contributed by atoms with van der Waals surface area (Å²) < 4.78 is 0. The third-order valence-electron chi connectivity index (χ3n) is 22.3. The Morgan fingerprint density at radius 3 is 1.43 bits per heavy atom. The molecular weight excluding hydrogens is 1320 g/mol. The second-order valence-corrected chi connectivity index (χ2v) is 32.0. The lowest BCUT2D eigenvalue weighted by Crippen LogP contribution is -2.52. The van der Waals surface area contributed by atoms with Gasteiger partial charge < -0.3 is 117 Å². The first-order chi connectivity index (χ1) is 50.5. The number of primary amides is 1. The summed E-state index contributed by atoms with van der Waals surface area (Å²) >= 11 is 0. The summed E-state index contributed by atoms with van der Waals surface area (Å²) in [4.78, 5) is 34.8. The van der Waals surface area contributed by atoms with Crippen molar-refractivity contribution >= 4 is 11.9 Å². The van der Waals surface area contributed by atoms with Crippen LogP contribution in [0.5, 0.6) is 0 Å². The highest BCUT2D eigenvalue weighted by molar-refractivity contribution is 5.74. The van der Waals surface area contributed by atoms with E-state index in [0.717, 1.165) is 182 Å². The van der Waals surface area contributed by atoms with Gasteiger partial charge in [-0.15, -0.1) is 0 Å². The average molecular weight is 1480 g/mol. The number of hydrogen-bond donors (Lipinski definition) is 22. The summed E-state index contributed by atoms with van der Waals surface area (Å²) in [6.45, 7) is 42.9. The molecule has 4 saturated heterocycles. The predicted molar refractivity (Wildman–Crippen MR) is 430 cm³/mol. The number of likely N-dealkylation sites (tertiary alicyclic amines) is 4. The first-order valence-corrected chi connectivity index (χ1v) is 42.0. The van der Waals surface area contributed by atoms with Crippen LogP contribution < -0.4 is 97.0 Å². The molecule has 0 aromatic carbocycles. The molecule has 25 N–H and O–H groups in total. The van der Waals surface area contributed by atoms with E-state index in [9.17, 15) is 30.0 Å². The summed E-state index contributed by atoms with van der Waals surface area (Å²) in [6, 6.07) is 3.09. The SMILES string of the molecule is CCNC(CNCCNC(CNC(CCC(=O)O)CNCCNC(CNC(CCCCN)CNC(CNCCNCCN1CCCC1CNC(CO)CNC(CO)CNCCNCCN1CCCC1CN1CCCC1CN1CCCC1CNC(CN)CO)CC(N)=O)CC(C)C)C(C)CC)CC(C)C. The molecule has 0 spiro atoms. The lowest BCUT2D eigenvalue weighted by Gasteiger charge is -2.35. The Hall–Kier alpha value is -2.02. The van der Waals surface area contributed by atoms with Crippen molar-refractivity contribution in [2.24, 2.45) is 35.0 Å². The summed E-state index contributed by atoms with van der Waals surface area (Å²) in [5, 5.41) is 94.7. The van der Waals surface area contributed by atoms with Gasteiger partial charge in [-0.3, -0.25) is 29.2 Å². The van der Waals surface area contributed by atoms with Gasteiger partial charge in [0.05, 0.1) is 19.8 Å². The van der Waals surface area contributed by atoms with Crippen molar-refractivity contribution in [3.05, 3.63) is 0 Å². The van der Waals surface area contributed by atoms with Gasteiger partial charge >= 0.3 is 5.97 Å². The number of nitrogens with two attached hydrogens (primary N) is 3. The molecule has 0 aromatic heterocycles. The van der Waals surface area contributed by atoms with Crippen LogP contribution in [0, 0.1) is 17.8 Å². The van der Waals surface area contributed by atoms with E-state index in [-0.39, 0.29) is 86.9 Å². The number of rotatable bonds is 71. The van der Waals surface area contributed by atoms with Gasteiger partial charge in [0.25, 0.3) is 0 Å². The van der Waals surface area contributed by atoms with Gasteiger partial charge in [-0.05, 0) is 140 Å². The summed E-state index contributed by atoms with van der Waals surface area (Å²) in [5.74, 6) is 0.542. The molecule has 0 bridgehead atoms. The molecule has 0 aromatic rings. The topological polar surface area (TPSA) is 387 Å². The number of aliphatic hydroxyl groups excluding tert-OH is 3. The zero-order valence-corrected chi connectivity index (χ0v) is 66.9. The van der Waals surface area contributed by atoms with Crippen LogP contribution in [0.1, 0.15) is 158 Å². The zero-order chi connectivity index (χ0) is 75.4. The largest absolute Gasteiger partial charge is 0.481 e. The Morgan fingerprint density at radius 2 is 0.875 bits per heavy atom. The maximum atomic E-state index is 12.3. The Morgan fingerprint density at radius 1 is 0.442 bits per heavy atom. The highest BCUT2D eigenvalue weighted by Gasteiger charge is 2.35. The van der Waals surface area contributed by atoms with Crippen molar-refractivity contribution < 1.29 is 30.0 Å². The van der Waals surface area contributed by atoms with Crippen LogP contribution >= 0.6 is 0 Å². The number of aliphatic carboxylic acids is 1. The van der Waals surface area contributed by atoms with Gasteiger partial charge in [-0.1, -0.05) is 61.3 Å². The molecule has 4 rings (SSSR count). The van der Waals surface area contributed by atoms with E-state index in [1.165, 1.54) is 64.7 Å². The molecule has 4 fully saturated rings. The zero-order valence-electron chi connectivity index (χ0n) is 66.9. The number of carboxylic acids is 1. The number of carbonyl (C=O) groups excluding carboxylic acids is 1. The van der Waals surface area contributed by atoms with Crippen molar-refractivity contribution in [1.29, 1.82) is 0 Å². The molecule has 104 heavy (non-hydrogen) atoms. The van der Waals surface area contributed by atoms with Crippen LogP contribution in [-0.4, -0.2) is 353 Å². The molecule has 0 radical (unpaired) electrons.